The van der Waals surface area contributed by atoms with Crippen LogP contribution >= 0.6 is 0 Å². The van der Waals surface area contributed by atoms with E-state index in [0.29, 0.717) is 11.8 Å². The second kappa shape index (κ2) is 10.6. The smallest absolute Gasteiger partial charge is 0.410 e. The maximum atomic E-state index is 12.1. The van der Waals surface area contributed by atoms with E-state index in [1.54, 1.807) is 0 Å². The van der Waals surface area contributed by atoms with Gasteiger partial charge in [0, 0.05) is 37.4 Å². The number of carbonyl (C=O) groups is 2. The number of aliphatic hydroxyl groups is 2. The van der Waals surface area contributed by atoms with Gasteiger partial charge < -0.3 is 29.5 Å². The van der Waals surface area contributed by atoms with Gasteiger partial charge in [0.1, 0.15) is 11.2 Å². The number of piperidine rings is 2. The Kier molecular flexibility index (Phi) is 8.44. The fourth-order valence-corrected chi connectivity index (χ4v) is 6.10. The molecule has 4 saturated heterocycles. The Morgan fingerprint density at radius 1 is 0.647 bits per heavy atom. The van der Waals surface area contributed by atoms with Crippen LogP contribution < -0.4 is 0 Å². The highest BCUT2D eigenvalue weighted by Gasteiger charge is 2.45. The normalized spacial score (nSPS) is 32.7. The largest absolute Gasteiger partial charge is 0.444 e. The summed E-state index contributed by atoms with van der Waals surface area (Å²) < 4.78 is 10.9. The first-order chi connectivity index (χ1) is 15.8. The number of ether oxygens (including phenoxy) is 2. The lowest BCUT2D eigenvalue weighted by molar-refractivity contribution is -0.00282. The molecule has 0 aromatic heterocycles. The van der Waals surface area contributed by atoms with Crippen molar-refractivity contribution in [3.63, 3.8) is 0 Å². The molecule has 34 heavy (non-hydrogen) atoms. The predicted octanol–water partition coefficient (Wildman–Crippen LogP) is 4.31. The van der Waals surface area contributed by atoms with Crippen molar-refractivity contribution in [2.45, 2.75) is 128 Å². The first-order valence-electron chi connectivity index (χ1n) is 13.1. The molecule has 0 aromatic rings. The summed E-state index contributed by atoms with van der Waals surface area (Å²) in [6, 6.07) is 1.11. The van der Waals surface area contributed by atoms with Crippen molar-refractivity contribution in [3.8, 4) is 0 Å². The molecule has 2 N–H and O–H groups in total. The van der Waals surface area contributed by atoms with Crippen molar-refractivity contribution in [3.05, 3.63) is 0 Å². The van der Waals surface area contributed by atoms with Gasteiger partial charge in [-0.3, -0.25) is 0 Å². The van der Waals surface area contributed by atoms with E-state index in [1.807, 2.05) is 51.3 Å². The average molecular weight is 483 g/mol. The Hall–Kier alpha value is -1.54. The standard InChI is InChI=1S/2C13H23NO3/c2*1-13(2,3)17-12(16)14-10-4-5-11(14)7-9(6-10)8-15/h2*9-11,15H,4-8H2,1-3H3/t2*9?,10-,11+. The van der Waals surface area contributed by atoms with Gasteiger partial charge in [-0.1, -0.05) is 0 Å². The highest BCUT2D eigenvalue weighted by Crippen LogP contribution is 2.40. The molecule has 8 heteroatoms. The molecule has 4 rings (SSSR count). The number of nitrogens with zero attached hydrogens (tertiary/aromatic N) is 2. The van der Waals surface area contributed by atoms with E-state index in [1.165, 1.54) is 0 Å². The molecule has 0 aliphatic carbocycles. The van der Waals surface area contributed by atoms with Crippen LogP contribution in [-0.4, -0.2) is 80.8 Å². The quantitative estimate of drug-likeness (QED) is 0.608. The first kappa shape index (κ1) is 27.1. The fraction of sp³-hybridized carbons (Fsp3) is 0.923. The Bertz CT molecular complexity index is 627. The first-order valence-corrected chi connectivity index (χ1v) is 13.1. The Balaban J connectivity index is 0.000000191. The molecule has 4 fully saturated rings. The molecular weight excluding hydrogens is 436 g/mol. The molecule has 4 heterocycles. The maximum absolute atomic E-state index is 12.1. The third kappa shape index (κ3) is 6.78. The zero-order chi connectivity index (χ0) is 25.3. The summed E-state index contributed by atoms with van der Waals surface area (Å²) in [7, 11) is 0. The van der Waals surface area contributed by atoms with E-state index in [-0.39, 0.29) is 49.6 Å². The molecule has 2 amide bonds. The number of rotatable bonds is 2. The molecule has 4 aliphatic rings. The summed E-state index contributed by atoms with van der Waals surface area (Å²) in [5.41, 5.74) is -0.852. The Labute approximate surface area is 205 Å². The molecule has 8 nitrogen and oxygen atoms in total. The van der Waals surface area contributed by atoms with Gasteiger partial charge in [-0.25, -0.2) is 9.59 Å². The third-order valence-electron chi connectivity index (χ3n) is 7.39. The lowest BCUT2D eigenvalue weighted by atomic mass is 9.92. The van der Waals surface area contributed by atoms with Gasteiger partial charge in [-0.2, -0.15) is 0 Å². The summed E-state index contributed by atoms with van der Waals surface area (Å²) in [6.45, 7) is 11.9. The number of hydrogen-bond acceptors (Lipinski definition) is 6. The van der Waals surface area contributed by atoms with Gasteiger partial charge in [0.2, 0.25) is 0 Å². The minimum atomic E-state index is -0.426. The zero-order valence-corrected chi connectivity index (χ0v) is 22.0. The number of fused-ring (bicyclic) bond motifs is 4. The van der Waals surface area contributed by atoms with Crippen molar-refractivity contribution < 1.29 is 29.3 Å². The zero-order valence-electron chi connectivity index (χ0n) is 22.0. The third-order valence-corrected chi connectivity index (χ3v) is 7.39. The topological polar surface area (TPSA) is 99.5 Å². The van der Waals surface area contributed by atoms with E-state index in [2.05, 4.69) is 0 Å². The van der Waals surface area contributed by atoms with Crippen molar-refractivity contribution in [1.82, 2.24) is 9.80 Å². The van der Waals surface area contributed by atoms with E-state index in [0.717, 1.165) is 51.4 Å². The Morgan fingerprint density at radius 2 is 0.912 bits per heavy atom. The number of carbonyl (C=O) groups excluding carboxylic acids is 2. The molecule has 196 valence electrons. The Morgan fingerprint density at radius 3 is 1.12 bits per heavy atom. The summed E-state index contributed by atoms with van der Waals surface area (Å²) in [4.78, 5) is 28.0. The number of hydrogen-bond donors (Lipinski definition) is 2. The van der Waals surface area contributed by atoms with Crippen molar-refractivity contribution >= 4 is 12.2 Å². The molecule has 4 bridgehead atoms. The molecule has 4 aliphatic heterocycles. The van der Waals surface area contributed by atoms with Gasteiger partial charge in [-0.05, 0) is 105 Å². The average Bonchev–Trinajstić information content (AvgIpc) is 3.15. The molecule has 0 aromatic carbocycles. The maximum Gasteiger partial charge on any atom is 0.410 e. The van der Waals surface area contributed by atoms with Crippen LogP contribution in [0.4, 0.5) is 9.59 Å². The van der Waals surface area contributed by atoms with Crippen molar-refractivity contribution in [2.75, 3.05) is 13.2 Å². The van der Waals surface area contributed by atoms with Crippen molar-refractivity contribution in [1.29, 1.82) is 0 Å². The lowest BCUT2D eigenvalue weighted by Gasteiger charge is -2.39. The van der Waals surface area contributed by atoms with Gasteiger partial charge in [0.15, 0.2) is 0 Å². The second-order valence-electron chi connectivity index (χ2n) is 12.6. The molecular formula is C26H46N2O6. The monoisotopic (exact) mass is 482 g/mol. The van der Waals surface area contributed by atoms with Crippen LogP contribution in [0.3, 0.4) is 0 Å². The van der Waals surface area contributed by atoms with Crippen LogP contribution in [0.25, 0.3) is 0 Å². The number of amides is 2. The van der Waals surface area contributed by atoms with E-state index in [9.17, 15) is 19.8 Å². The van der Waals surface area contributed by atoms with Crippen LogP contribution in [0.1, 0.15) is 92.9 Å². The van der Waals surface area contributed by atoms with Crippen LogP contribution in [-0.2, 0) is 9.47 Å². The lowest BCUT2D eigenvalue weighted by Crippen LogP contribution is -2.49. The summed E-state index contributed by atoms with van der Waals surface area (Å²) in [5.74, 6) is 0.734. The van der Waals surface area contributed by atoms with E-state index in [4.69, 9.17) is 9.47 Å². The number of aliphatic hydroxyl groups excluding tert-OH is 2. The molecule has 2 unspecified atom stereocenters. The van der Waals surface area contributed by atoms with Crippen molar-refractivity contribution in [2.24, 2.45) is 11.8 Å². The highest BCUT2D eigenvalue weighted by molar-refractivity contribution is 5.70. The molecule has 0 spiro atoms. The molecule has 6 atom stereocenters. The van der Waals surface area contributed by atoms with Crippen LogP contribution in [0.5, 0.6) is 0 Å². The fourth-order valence-electron chi connectivity index (χ4n) is 6.10. The van der Waals surface area contributed by atoms with E-state index < -0.39 is 11.2 Å². The second-order valence-corrected chi connectivity index (χ2v) is 12.6. The van der Waals surface area contributed by atoms with Gasteiger partial charge in [-0.15, -0.1) is 0 Å². The van der Waals surface area contributed by atoms with Gasteiger partial charge in [0.25, 0.3) is 0 Å². The minimum absolute atomic E-state index is 0.179. The SMILES string of the molecule is CC(C)(C)OC(=O)N1[C@@H]2CC[C@H]1CC(CO)C2.CC(C)(C)OC(=O)N1[C@@H]2CC[C@H]1CC(CO)C2. The summed E-state index contributed by atoms with van der Waals surface area (Å²) in [6.07, 6.45) is 7.56. The minimum Gasteiger partial charge on any atom is -0.444 e. The summed E-state index contributed by atoms with van der Waals surface area (Å²) in [5, 5.41) is 18.5. The van der Waals surface area contributed by atoms with Crippen LogP contribution in [0, 0.1) is 11.8 Å². The molecule has 0 saturated carbocycles. The van der Waals surface area contributed by atoms with Gasteiger partial charge >= 0.3 is 12.2 Å². The van der Waals surface area contributed by atoms with Gasteiger partial charge in [0.05, 0.1) is 0 Å². The predicted molar refractivity (Wildman–Crippen MR) is 129 cm³/mol. The van der Waals surface area contributed by atoms with E-state index >= 15 is 0 Å². The van der Waals surface area contributed by atoms with Crippen LogP contribution in [0.15, 0.2) is 0 Å². The highest BCUT2D eigenvalue weighted by atomic mass is 16.6. The van der Waals surface area contributed by atoms with Crippen LogP contribution in [0.2, 0.25) is 0 Å². The summed E-state index contributed by atoms with van der Waals surface area (Å²) >= 11 is 0. The molecule has 0 radical (unpaired) electrons.